The van der Waals surface area contributed by atoms with Crippen LogP contribution >= 0.6 is 11.6 Å². The molecule has 1 saturated heterocycles. The first-order valence-electron chi connectivity index (χ1n) is 11.2. The van der Waals surface area contributed by atoms with E-state index in [9.17, 15) is 19.5 Å². The first-order valence-corrected chi connectivity index (χ1v) is 11.5. The molecule has 0 bridgehead atoms. The standard InChI is InChI=1S/C25H26ClN3O4/c1-3-19-13-16(25(32)33)10-11-29(19)22-21(15-6-5-7-17(26)12-15)20-9-8-18(14-30)27-23(20)28(4-2)24(22)31/h5-9,12,14,16,19H,3-4,10-11,13H2,1-2H3,(H,32,33). The minimum Gasteiger partial charge on any atom is -0.481 e. The Kier molecular flexibility index (Phi) is 6.51. The molecule has 0 aliphatic carbocycles. The first kappa shape index (κ1) is 23.0. The van der Waals surface area contributed by atoms with Gasteiger partial charge in [-0.1, -0.05) is 30.7 Å². The smallest absolute Gasteiger partial charge is 0.306 e. The molecule has 1 aromatic carbocycles. The molecule has 33 heavy (non-hydrogen) atoms. The highest BCUT2D eigenvalue weighted by molar-refractivity contribution is 6.31. The molecule has 7 nitrogen and oxygen atoms in total. The third-order valence-electron chi connectivity index (χ3n) is 6.48. The lowest BCUT2D eigenvalue weighted by Crippen LogP contribution is -2.47. The van der Waals surface area contributed by atoms with Gasteiger partial charge in [-0.25, -0.2) is 4.98 Å². The number of rotatable bonds is 6. The van der Waals surface area contributed by atoms with Crippen LogP contribution in [0.5, 0.6) is 0 Å². The molecule has 1 aliphatic rings. The lowest BCUT2D eigenvalue weighted by Gasteiger charge is -2.40. The van der Waals surface area contributed by atoms with E-state index in [2.05, 4.69) is 9.88 Å². The van der Waals surface area contributed by atoms with E-state index in [0.717, 1.165) is 10.9 Å². The molecule has 0 saturated carbocycles. The van der Waals surface area contributed by atoms with Gasteiger partial charge in [-0.05, 0) is 56.0 Å². The number of carbonyl (C=O) groups excluding carboxylic acids is 1. The average Bonchev–Trinajstić information content (AvgIpc) is 2.82. The van der Waals surface area contributed by atoms with Crippen LogP contribution in [0.25, 0.3) is 22.2 Å². The number of benzene rings is 1. The molecular formula is C25H26ClN3O4. The summed E-state index contributed by atoms with van der Waals surface area (Å²) in [6, 6.07) is 10.7. The summed E-state index contributed by atoms with van der Waals surface area (Å²) in [4.78, 5) is 43.5. The predicted molar refractivity (Wildman–Crippen MR) is 129 cm³/mol. The van der Waals surface area contributed by atoms with Gasteiger partial charge in [0.25, 0.3) is 5.56 Å². The van der Waals surface area contributed by atoms with Gasteiger partial charge in [-0.2, -0.15) is 0 Å². The number of carboxylic acid groups (broad SMARTS) is 1. The molecule has 2 unspecified atom stereocenters. The van der Waals surface area contributed by atoms with Crippen molar-refractivity contribution in [3.8, 4) is 11.1 Å². The molecule has 0 spiro atoms. The van der Waals surface area contributed by atoms with E-state index in [1.165, 1.54) is 0 Å². The second-order valence-electron chi connectivity index (χ2n) is 8.32. The van der Waals surface area contributed by atoms with Gasteiger partial charge in [0.15, 0.2) is 6.29 Å². The van der Waals surface area contributed by atoms with Crippen LogP contribution in [-0.4, -0.2) is 39.5 Å². The van der Waals surface area contributed by atoms with Gasteiger partial charge in [0.05, 0.1) is 5.92 Å². The zero-order valence-corrected chi connectivity index (χ0v) is 19.4. The fourth-order valence-corrected chi connectivity index (χ4v) is 5.03. The molecule has 172 valence electrons. The maximum atomic E-state index is 13.9. The number of pyridine rings is 2. The Balaban J connectivity index is 2.05. The number of aryl methyl sites for hydroxylation is 1. The molecule has 2 aromatic heterocycles. The van der Waals surface area contributed by atoms with Gasteiger partial charge >= 0.3 is 5.97 Å². The van der Waals surface area contributed by atoms with Crippen LogP contribution < -0.4 is 10.5 Å². The highest BCUT2D eigenvalue weighted by Crippen LogP contribution is 2.39. The number of anilines is 1. The highest BCUT2D eigenvalue weighted by Gasteiger charge is 2.35. The third kappa shape index (κ3) is 4.13. The molecule has 1 fully saturated rings. The summed E-state index contributed by atoms with van der Waals surface area (Å²) >= 11 is 6.32. The van der Waals surface area contributed by atoms with Crippen LogP contribution in [0.4, 0.5) is 5.69 Å². The number of hydrogen-bond donors (Lipinski definition) is 1. The number of piperidine rings is 1. The SMILES string of the molecule is CCC1CC(C(=O)O)CCN1c1c(-c2cccc(Cl)c2)c2ccc(C=O)nc2n(CC)c1=O. The molecule has 0 radical (unpaired) electrons. The Hall–Kier alpha value is -3.19. The second-order valence-corrected chi connectivity index (χ2v) is 8.76. The van der Waals surface area contributed by atoms with Crippen LogP contribution in [0, 0.1) is 5.92 Å². The normalized spacial score (nSPS) is 18.5. The van der Waals surface area contributed by atoms with Gasteiger partial charge in [0.1, 0.15) is 17.0 Å². The summed E-state index contributed by atoms with van der Waals surface area (Å²) in [5.41, 5.74) is 2.51. The summed E-state index contributed by atoms with van der Waals surface area (Å²) in [6.45, 7) is 4.73. The molecule has 3 heterocycles. The molecular weight excluding hydrogens is 442 g/mol. The fraction of sp³-hybridized carbons (Fsp3) is 0.360. The van der Waals surface area contributed by atoms with Crippen LogP contribution in [-0.2, 0) is 11.3 Å². The number of carbonyl (C=O) groups is 2. The van der Waals surface area contributed by atoms with Gasteiger partial charge in [-0.3, -0.25) is 19.0 Å². The van der Waals surface area contributed by atoms with Crippen molar-refractivity contribution >= 4 is 40.6 Å². The summed E-state index contributed by atoms with van der Waals surface area (Å²) in [6.07, 6.45) is 2.32. The molecule has 2 atom stereocenters. The van der Waals surface area contributed by atoms with Gasteiger partial charge in [-0.15, -0.1) is 0 Å². The lowest BCUT2D eigenvalue weighted by molar-refractivity contribution is -0.142. The lowest BCUT2D eigenvalue weighted by atomic mass is 9.88. The molecule has 1 aliphatic heterocycles. The van der Waals surface area contributed by atoms with Crippen LogP contribution in [0.15, 0.2) is 41.2 Å². The maximum absolute atomic E-state index is 13.9. The number of aromatic nitrogens is 2. The van der Waals surface area contributed by atoms with E-state index < -0.39 is 11.9 Å². The van der Waals surface area contributed by atoms with E-state index >= 15 is 0 Å². The number of halogens is 1. The molecule has 1 N–H and O–H groups in total. The van der Waals surface area contributed by atoms with E-state index in [4.69, 9.17) is 11.6 Å². The molecule has 3 aromatic rings. The Labute approximate surface area is 196 Å². The highest BCUT2D eigenvalue weighted by atomic mass is 35.5. The Morgan fingerprint density at radius 3 is 2.70 bits per heavy atom. The van der Waals surface area contributed by atoms with Crippen molar-refractivity contribution in [1.82, 2.24) is 9.55 Å². The van der Waals surface area contributed by atoms with Crippen molar-refractivity contribution in [2.45, 2.75) is 45.7 Å². The first-order chi connectivity index (χ1) is 15.9. The number of fused-ring (bicyclic) bond motifs is 1. The van der Waals surface area contributed by atoms with Gasteiger partial charge in [0.2, 0.25) is 0 Å². The summed E-state index contributed by atoms with van der Waals surface area (Å²) in [5.74, 6) is -1.22. The predicted octanol–water partition coefficient (Wildman–Crippen LogP) is 4.63. The zero-order valence-electron chi connectivity index (χ0n) is 18.6. The van der Waals surface area contributed by atoms with Gasteiger partial charge in [0, 0.05) is 35.1 Å². The largest absolute Gasteiger partial charge is 0.481 e. The topological polar surface area (TPSA) is 92.5 Å². The monoisotopic (exact) mass is 467 g/mol. The van der Waals surface area contributed by atoms with Crippen LogP contribution in [0.2, 0.25) is 5.02 Å². The summed E-state index contributed by atoms with van der Waals surface area (Å²) < 4.78 is 1.59. The van der Waals surface area contributed by atoms with E-state index in [-0.39, 0.29) is 17.3 Å². The van der Waals surface area contributed by atoms with E-state index in [1.807, 2.05) is 38.1 Å². The number of nitrogens with zero attached hydrogens (tertiary/aromatic N) is 3. The molecule has 8 heteroatoms. The van der Waals surface area contributed by atoms with E-state index in [0.29, 0.717) is 60.6 Å². The van der Waals surface area contributed by atoms with Gasteiger partial charge < -0.3 is 10.0 Å². The molecule has 4 rings (SSSR count). The fourth-order valence-electron chi connectivity index (χ4n) is 4.84. The van der Waals surface area contributed by atoms with Crippen LogP contribution in [0.1, 0.15) is 43.6 Å². The number of carboxylic acids is 1. The van der Waals surface area contributed by atoms with Crippen LogP contribution in [0.3, 0.4) is 0 Å². The Bertz CT molecular complexity index is 1290. The minimum absolute atomic E-state index is 0.0875. The van der Waals surface area contributed by atoms with E-state index in [1.54, 1.807) is 16.7 Å². The van der Waals surface area contributed by atoms with Crippen molar-refractivity contribution in [3.63, 3.8) is 0 Å². The minimum atomic E-state index is -0.793. The van der Waals surface area contributed by atoms with Crippen molar-refractivity contribution in [3.05, 3.63) is 57.5 Å². The quantitative estimate of drug-likeness (QED) is 0.531. The average molecular weight is 468 g/mol. The van der Waals surface area contributed by atoms with Crippen molar-refractivity contribution in [2.75, 3.05) is 11.4 Å². The number of aldehydes is 1. The second kappa shape index (κ2) is 9.35. The summed E-state index contributed by atoms with van der Waals surface area (Å²) in [5, 5.41) is 10.9. The van der Waals surface area contributed by atoms with Crippen molar-refractivity contribution < 1.29 is 14.7 Å². The van der Waals surface area contributed by atoms with Crippen molar-refractivity contribution in [1.29, 1.82) is 0 Å². The summed E-state index contributed by atoms with van der Waals surface area (Å²) in [7, 11) is 0. The number of hydrogen-bond acceptors (Lipinski definition) is 5. The third-order valence-corrected chi connectivity index (χ3v) is 6.72. The maximum Gasteiger partial charge on any atom is 0.306 e. The Morgan fingerprint density at radius 2 is 2.06 bits per heavy atom. The number of aliphatic carboxylic acids is 1. The molecule has 0 amide bonds. The zero-order chi connectivity index (χ0) is 23.7. The Morgan fingerprint density at radius 1 is 1.27 bits per heavy atom. The van der Waals surface area contributed by atoms with Crippen molar-refractivity contribution in [2.24, 2.45) is 5.92 Å².